The molecular weight excluding hydrogens is 341 g/mol. The molecule has 2 rings (SSSR count). The molecule has 1 amide bonds. The Morgan fingerprint density at radius 3 is 2.38 bits per heavy atom. The third-order valence-electron chi connectivity index (χ3n) is 3.20. The predicted octanol–water partition coefficient (Wildman–Crippen LogP) is 0.224. The number of hydrogen-bond acceptors (Lipinski definition) is 6. The van der Waals surface area contributed by atoms with Crippen LogP contribution in [0.3, 0.4) is 0 Å². The topological polar surface area (TPSA) is 164 Å². The van der Waals surface area contributed by atoms with E-state index in [2.05, 4.69) is 5.32 Å². The molecule has 0 radical (unpaired) electrons. The molecule has 2 aromatic rings. The van der Waals surface area contributed by atoms with Crippen molar-refractivity contribution in [3.05, 3.63) is 40.1 Å². The smallest absolute Gasteiger partial charge is 0.327 e. The Labute approximate surface area is 135 Å². The Kier molecular flexibility index (Phi) is 4.79. The van der Waals surface area contributed by atoms with Gasteiger partial charge in [-0.2, -0.15) is 0 Å². The molecular formula is C14H14NO8P. The van der Waals surface area contributed by atoms with Crippen LogP contribution in [-0.2, 0) is 4.57 Å². The molecule has 0 heterocycles. The lowest BCUT2D eigenvalue weighted by Gasteiger charge is -2.05. The van der Waals surface area contributed by atoms with Gasteiger partial charge in [-0.25, -0.2) is 0 Å². The molecule has 10 heteroatoms. The minimum Gasteiger partial charge on any atom is -0.504 e. The van der Waals surface area contributed by atoms with Gasteiger partial charge in [0.25, 0.3) is 5.91 Å². The zero-order valence-electron chi connectivity index (χ0n) is 12.1. The quantitative estimate of drug-likeness (QED) is 0.335. The van der Waals surface area contributed by atoms with Gasteiger partial charge in [0.15, 0.2) is 17.2 Å². The van der Waals surface area contributed by atoms with Crippen LogP contribution < -0.4 is 10.7 Å². The summed E-state index contributed by atoms with van der Waals surface area (Å²) in [6, 6.07) is 4.45. The number of phenolic OH excluding ortho intramolecular Hbond substituents is 2. The lowest BCUT2D eigenvalue weighted by atomic mass is 10.1. The van der Waals surface area contributed by atoms with Crippen LogP contribution in [0, 0.1) is 0 Å². The van der Waals surface area contributed by atoms with E-state index in [4.69, 9.17) is 9.79 Å². The summed E-state index contributed by atoms with van der Waals surface area (Å²) in [5, 5.41) is 31.0. The van der Waals surface area contributed by atoms with Crippen LogP contribution in [0.25, 0.3) is 10.8 Å². The van der Waals surface area contributed by atoms with Gasteiger partial charge in [0.2, 0.25) is 5.43 Å². The maximum absolute atomic E-state index is 12.1. The van der Waals surface area contributed by atoms with Crippen molar-refractivity contribution in [1.29, 1.82) is 0 Å². The zero-order chi connectivity index (χ0) is 18.1. The van der Waals surface area contributed by atoms with Gasteiger partial charge in [0.1, 0.15) is 0 Å². The average Bonchev–Trinajstić information content (AvgIpc) is 2.60. The Hall–Kier alpha value is -2.61. The van der Waals surface area contributed by atoms with Crippen LogP contribution in [0.1, 0.15) is 10.4 Å². The Morgan fingerprint density at radius 1 is 1.08 bits per heavy atom. The normalized spacial score (nSPS) is 11.4. The summed E-state index contributed by atoms with van der Waals surface area (Å²) in [4.78, 5) is 41.6. The number of carbonyl (C=O) groups excluding carboxylic acids is 1. The van der Waals surface area contributed by atoms with E-state index in [0.717, 1.165) is 12.1 Å². The first-order valence-corrected chi connectivity index (χ1v) is 8.44. The van der Waals surface area contributed by atoms with Crippen molar-refractivity contribution in [2.75, 3.05) is 12.7 Å². The molecule has 6 N–H and O–H groups in total. The third-order valence-corrected chi connectivity index (χ3v) is 4.01. The number of aromatic hydroxyl groups is 3. The van der Waals surface area contributed by atoms with E-state index in [1.165, 1.54) is 12.1 Å². The van der Waals surface area contributed by atoms with E-state index in [-0.39, 0.29) is 22.9 Å². The monoisotopic (exact) mass is 355 g/mol. The van der Waals surface area contributed by atoms with Crippen molar-refractivity contribution < 1.29 is 34.5 Å². The fraction of sp³-hybridized carbons (Fsp3) is 0.143. The Balaban J connectivity index is 2.48. The first-order valence-electron chi connectivity index (χ1n) is 6.65. The number of phenols is 2. The van der Waals surface area contributed by atoms with Crippen molar-refractivity contribution in [3.63, 3.8) is 0 Å². The largest absolute Gasteiger partial charge is 0.504 e. The second-order valence-electron chi connectivity index (χ2n) is 5.00. The summed E-state index contributed by atoms with van der Waals surface area (Å²) in [5.74, 6) is -2.89. The summed E-state index contributed by atoms with van der Waals surface area (Å²) < 4.78 is 10.8. The van der Waals surface area contributed by atoms with Gasteiger partial charge in [0.05, 0.1) is 11.5 Å². The van der Waals surface area contributed by atoms with E-state index in [0.29, 0.717) is 0 Å². The average molecular weight is 355 g/mol. The molecule has 0 aliphatic heterocycles. The minimum atomic E-state index is -4.27. The van der Waals surface area contributed by atoms with Crippen molar-refractivity contribution in [2.24, 2.45) is 0 Å². The fourth-order valence-corrected chi connectivity index (χ4v) is 2.46. The summed E-state index contributed by atoms with van der Waals surface area (Å²) >= 11 is 0. The van der Waals surface area contributed by atoms with E-state index < -0.39 is 42.3 Å². The molecule has 0 aromatic heterocycles. The minimum absolute atomic E-state index is 0.0933. The Morgan fingerprint density at radius 2 is 1.75 bits per heavy atom. The molecule has 24 heavy (non-hydrogen) atoms. The molecule has 0 aliphatic rings. The van der Waals surface area contributed by atoms with Gasteiger partial charge in [-0.3, -0.25) is 14.2 Å². The molecule has 0 saturated heterocycles. The lowest BCUT2D eigenvalue weighted by Crippen LogP contribution is -2.26. The molecule has 128 valence electrons. The number of hydrogen-bond donors (Lipinski definition) is 6. The molecule has 0 saturated carbocycles. The summed E-state index contributed by atoms with van der Waals surface area (Å²) in [6.45, 7) is -0.309. The molecule has 0 atom stereocenters. The first-order chi connectivity index (χ1) is 11.1. The molecule has 0 aliphatic carbocycles. The maximum atomic E-state index is 12.1. The Bertz CT molecular complexity index is 921. The van der Waals surface area contributed by atoms with Gasteiger partial charge >= 0.3 is 7.60 Å². The first kappa shape index (κ1) is 17.7. The number of benzene rings is 1. The molecule has 0 bridgehead atoms. The number of fused-ring (bicyclic) bond motifs is 1. The SMILES string of the molecule is O=C(NCCP(=O)(O)O)c1cc(O)c(=O)c2c(O)c(O)ccc2c1. The number of carbonyl (C=O) groups is 1. The lowest BCUT2D eigenvalue weighted by molar-refractivity contribution is 0.0955. The molecule has 0 spiro atoms. The number of nitrogens with one attached hydrogen (secondary N) is 1. The highest BCUT2D eigenvalue weighted by Crippen LogP contribution is 2.33. The van der Waals surface area contributed by atoms with Crippen LogP contribution in [0.2, 0.25) is 0 Å². The van der Waals surface area contributed by atoms with Crippen LogP contribution in [0.15, 0.2) is 29.1 Å². The van der Waals surface area contributed by atoms with Crippen LogP contribution >= 0.6 is 7.60 Å². The van der Waals surface area contributed by atoms with Crippen molar-refractivity contribution in [2.45, 2.75) is 0 Å². The van der Waals surface area contributed by atoms with Gasteiger partial charge in [-0.15, -0.1) is 0 Å². The van der Waals surface area contributed by atoms with E-state index in [1.54, 1.807) is 0 Å². The predicted molar refractivity (Wildman–Crippen MR) is 84.5 cm³/mol. The third kappa shape index (κ3) is 3.83. The summed E-state index contributed by atoms with van der Waals surface area (Å²) in [5.41, 5.74) is -1.14. The van der Waals surface area contributed by atoms with Crippen molar-refractivity contribution >= 4 is 24.3 Å². The van der Waals surface area contributed by atoms with E-state index in [1.807, 2.05) is 0 Å². The number of amides is 1. The maximum Gasteiger partial charge on any atom is 0.327 e. The van der Waals surface area contributed by atoms with E-state index >= 15 is 0 Å². The van der Waals surface area contributed by atoms with E-state index in [9.17, 15) is 29.5 Å². The van der Waals surface area contributed by atoms with Crippen LogP contribution in [0.4, 0.5) is 0 Å². The highest BCUT2D eigenvalue weighted by atomic mass is 31.2. The standard InChI is InChI=1S/C14H14NO8P/c16-9-2-1-7-5-8(14(20)15-3-4-24(21,22)23)6-10(17)13(19)11(7)12(9)18/h1-2,5-6,16,18H,3-4H2,(H,15,20)(H,17,19)(H2,21,22,23). The summed E-state index contributed by atoms with van der Waals surface area (Å²) in [6.07, 6.45) is -0.564. The van der Waals surface area contributed by atoms with Gasteiger partial charge in [0, 0.05) is 12.1 Å². The molecule has 0 fully saturated rings. The molecule has 2 aromatic carbocycles. The molecule has 9 nitrogen and oxygen atoms in total. The van der Waals surface area contributed by atoms with Gasteiger partial charge in [-0.05, 0) is 23.6 Å². The molecule has 0 unspecified atom stereocenters. The fourth-order valence-electron chi connectivity index (χ4n) is 2.05. The van der Waals surface area contributed by atoms with Crippen molar-refractivity contribution in [3.8, 4) is 17.2 Å². The summed E-state index contributed by atoms with van der Waals surface area (Å²) in [7, 11) is -4.27. The number of rotatable bonds is 4. The highest BCUT2D eigenvalue weighted by molar-refractivity contribution is 7.51. The van der Waals surface area contributed by atoms with Gasteiger partial charge < -0.3 is 30.4 Å². The second-order valence-corrected chi connectivity index (χ2v) is 6.78. The highest BCUT2D eigenvalue weighted by Gasteiger charge is 2.16. The van der Waals surface area contributed by atoms with Crippen LogP contribution in [-0.4, -0.2) is 43.7 Å². The second kappa shape index (κ2) is 6.48. The zero-order valence-corrected chi connectivity index (χ0v) is 13.0. The van der Waals surface area contributed by atoms with Gasteiger partial charge in [-0.1, -0.05) is 6.07 Å². The van der Waals surface area contributed by atoms with Crippen molar-refractivity contribution in [1.82, 2.24) is 5.32 Å². The van der Waals surface area contributed by atoms with Crippen LogP contribution in [0.5, 0.6) is 17.2 Å².